The normalized spacial score (nSPS) is 10.0. The molecule has 0 spiro atoms. The number of rotatable bonds is 4. The quantitative estimate of drug-likeness (QED) is 0.372. The van der Waals surface area contributed by atoms with Crippen LogP contribution in [0.15, 0.2) is 12.1 Å². The number of halogens is 2. The summed E-state index contributed by atoms with van der Waals surface area (Å²) in [4.78, 5) is 10.0. The Morgan fingerprint density at radius 1 is 1.53 bits per heavy atom. The van der Waals surface area contributed by atoms with Crippen LogP contribution in [0.25, 0.3) is 0 Å². The molecule has 0 saturated heterocycles. The van der Waals surface area contributed by atoms with Crippen molar-refractivity contribution in [2.75, 3.05) is 23.5 Å². The molecule has 0 fully saturated rings. The minimum atomic E-state index is -0.558. The number of nitro benzene ring substituents is 1. The first-order chi connectivity index (χ1) is 7.06. The van der Waals surface area contributed by atoms with Crippen LogP contribution in [-0.4, -0.2) is 17.3 Å². The van der Waals surface area contributed by atoms with Crippen LogP contribution >= 0.6 is 23.2 Å². The lowest BCUT2D eigenvalue weighted by molar-refractivity contribution is -0.383. The second-order valence-corrected chi connectivity index (χ2v) is 3.55. The van der Waals surface area contributed by atoms with Gasteiger partial charge >= 0.3 is 0 Å². The van der Waals surface area contributed by atoms with Crippen LogP contribution in [0.5, 0.6) is 0 Å². The monoisotopic (exact) mass is 249 g/mol. The first-order valence-electron chi connectivity index (χ1n) is 4.09. The van der Waals surface area contributed by atoms with Gasteiger partial charge in [0.05, 0.1) is 15.6 Å². The van der Waals surface area contributed by atoms with Gasteiger partial charge in [0.2, 0.25) is 0 Å². The van der Waals surface area contributed by atoms with Gasteiger partial charge in [0, 0.05) is 18.5 Å². The Morgan fingerprint density at radius 2 is 2.20 bits per heavy atom. The molecule has 0 atom stereocenters. The largest absolute Gasteiger partial charge is 0.393 e. The van der Waals surface area contributed by atoms with Gasteiger partial charge in [-0.1, -0.05) is 11.6 Å². The molecule has 0 bridgehead atoms. The molecule has 0 aliphatic rings. The Bertz CT molecular complexity index is 384. The van der Waals surface area contributed by atoms with Crippen molar-refractivity contribution in [2.45, 2.75) is 0 Å². The van der Waals surface area contributed by atoms with Gasteiger partial charge in [-0.3, -0.25) is 10.1 Å². The maximum atomic E-state index is 10.6. The van der Waals surface area contributed by atoms with Crippen LogP contribution in [0.3, 0.4) is 0 Å². The maximum Gasteiger partial charge on any atom is 0.294 e. The molecule has 1 aromatic carbocycles. The molecular formula is C8H9Cl2N3O2. The Kier molecular flexibility index (Phi) is 3.99. The average molecular weight is 250 g/mol. The molecule has 15 heavy (non-hydrogen) atoms. The van der Waals surface area contributed by atoms with Crippen molar-refractivity contribution in [3.63, 3.8) is 0 Å². The number of nitrogen functional groups attached to an aromatic ring is 1. The highest BCUT2D eigenvalue weighted by atomic mass is 35.5. The van der Waals surface area contributed by atoms with E-state index >= 15 is 0 Å². The van der Waals surface area contributed by atoms with Gasteiger partial charge in [0.1, 0.15) is 5.69 Å². The minimum absolute atomic E-state index is 0.0430. The van der Waals surface area contributed by atoms with E-state index in [1.54, 1.807) is 0 Å². The Balaban J connectivity index is 3.06. The van der Waals surface area contributed by atoms with Crippen LogP contribution in [0.2, 0.25) is 5.02 Å². The number of nitro groups is 1. The molecule has 1 rings (SSSR count). The summed E-state index contributed by atoms with van der Waals surface area (Å²) in [6.45, 7) is 0.475. The van der Waals surface area contributed by atoms with E-state index in [0.717, 1.165) is 0 Å². The summed E-state index contributed by atoms with van der Waals surface area (Å²) in [5.41, 5.74) is 5.77. The van der Waals surface area contributed by atoms with Crippen molar-refractivity contribution in [3.8, 4) is 0 Å². The average Bonchev–Trinajstić information content (AvgIpc) is 2.16. The molecule has 0 aliphatic heterocycles. The van der Waals surface area contributed by atoms with Crippen LogP contribution in [0.1, 0.15) is 0 Å². The second-order valence-electron chi connectivity index (χ2n) is 2.76. The van der Waals surface area contributed by atoms with Gasteiger partial charge in [-0.2, -0.15) is 0 Å². The highest BCUT2D eigenvalue weighted by molar-refractivity contribution is 6.33. The first kappa shape index (κ1) is 11.9. The Hall–Kier alpha value is -1.20. The molecule has 3 N–H and O–H groups in total. The zero-order valence-electron chi connectivity index (χ0n) is 7.67. The lowest BCUT2D eigenvalue weighted by atomic mass is 10.2. The zero-order valence-corrected chi connectivity index (χ0v) is 9.18. The smallest absolute Gasteiger partial charge is 0.294 e. The molecule has 82 valence electrons. The van der Waals surface area contributed by atoms with E-state index in [2.05, 4.69) is 5.32 Å². The van der Waals surface area contributed by atoms with Crippen molar-refractivity contribution in [1.29, 1.82) is 0 Å². The fraction of sp³-hybridized carbons (Fsp3) is 0.250. The Labute approximate surface area is 96.3 Å². The molecule has 0 heterocycles. The van der Waals surface area contributed by atoms with Gasteiger partial charge in [-0.05, 0) is 6.07 Å². The number of anilines is 2. The summed E-state index contributed by atoms with van der Waals surface area (Å²) in [7, 11) is 0. The summed E-state index contributed by atoms with van der Waals surface area (Å²) in [5.74, 6) is 0.383. The number of nitrogens with zero attached hydrogens (tertiary/aromatic N) is 1. The third-order valence-electron chi connectivity index (χ3n) is 1.72. The van der Waals surface area contributed by atoms with Crippen molar-refractivity contribution in [1.82, 2.24) is 0 Å². The third-order valence-corrected chi connectivity index (χ3v) is 2.22. The number of nitrogens with one attached hydrogen (secondary N) is 1. The van der Waals surface area contributed by atoms with Crippen LogP contribution in [-0.2, 0) is 0 Å². The summed E-state index contributed by atoms with van der Waals surface area (Å²) < 4.78 is 0. The predicted octanol–water partition coefficient (Wildman–Crippen LogP) is 2.48. The van der Waals surface area contributed by atoms with Crippen LogP contribution in [0.4, 0.5) is 17.1 Å². The number of hydrogen-bond donors (Lipinski definition) is 2. The van der Waals surface area contributed by atoms with Gasteiger partial charge in [0.25, 0.3) is 5.69 Å². The van der Waals surface area contributed by atoms with E-state index in [9.17, 15) is 10.1 Å². The van der Waals surface area contributed by atoms with Crippen molar-refractivity contribution < 1.29 is 4.92 Å². The molecule has 0 radical (unpaired) electrons. The molecule has 7 heteroatoms. The molecule has 5 nitrogen and oxygen atoms in total. The number of alkyl halides is 1. The molecular weight excluding hydrogens is 241 g/mol. The second kappa shape index (κ2) is 5.04. The van der Waals surface area contributed by atoms with Gasteiger partial charge in [-0.15, -0.1) is 11.6 Å². The van der Waals surface area contributed by atoms with Crippen molar-refractivity contribution in [3.05, 3.63) is 27.3 Å². The van der Waals surface area contributed by atoms with Crippen LogP contribution < -0.4 is 11.1 Å². The maximum absolute atomic E-state index is 10.6. The SMILES string of the molecule is Nc1cc(Cl)c(NCCCl)cc1[N+](=O)[O-]. The van der Waals surface area contributed by atoms with E-state index in [1.165, 1.54) is 12.1 Å². The summed E-state index contributed by atoms with van der Waals surface area (Å²) in [6, 6.07) is 2.64. The number of nitrogens with two attached hydrogens (primary N) is 1. The first-order valence-corrected chi connectivity index (χ1v) is 5.00. The van der Waals surface area contributed by atoms with Crippen molar-refractivity contribution in [2.24, 2.45) is 0 Å². The molecule has 0 aliphatic carbocycles. The number of hydrogen-bond acceptors (Lipinski definition) is 4. The minimum Gasteiger partial charge on any atom is -0.393 e. The lowest BCUT2D eigenvalue weighted by Crippen LogP contribution is -2.04. The van der Waals surface area contributed by atoms with E-state index in [4.69, 9.17) is 28.9 Å². The molecule has 0 aromatic heterocycles. The van der Waals surface area contributed by atoms with E-state index in [0.29, 0.717) is 23.1 Å². The summed E-state index contributed by atoms with van der Waals surface area (Å²) >= 11 is 11.3. The molecule has 0 unspecified atom stereocenters. The summed E-state index contributed by atoms with van der Waals surface area (Å²) in [5, 5.41) is 13.8. The fourth-order valence-corrected chi connectivity index (χ4v) is 1.39. The summed E-state index contributed by atoms with van der Waals surface area (Å²) in [6.07, 6.45) is 0. The zero-order chi connectivity index (χ0) is 11.4. The molecule has 0 saturated carbocycles. The van der Waals surface area contributed by atoms with Gasteiger partial charge < -0.3 is 11.1 Å². The fourth-order valence-electron chi connectivity index (χ4n) is 1.05. The highest BCUT2D eigenvalue weighted by Crippen LogP contribution is 2.32. The predicted molar refractivity (Wildman–Crippen MR) is 61.7 cm³/mol. The van der Waals surface area contributed by atoms with E-state index in [-0.39, 0.29) is 11.4 Å². The highest BCUT2D eigenvalue weighted by Gasteiger charge is 2.14. The van der Waals surface area contributed by atoms with E-state index < -0.39 is 4.92 Å². The number of benzene rings is 1. The van der Waals surface area contributed by atoms with Crippen molar-refractivity contribution >= 4 is 40.3 Å². The van der Waals surface area contributed by atoms with Gasteiger partial charge in [0.15, 0.2) is 0 Å². The lowest BCUT2D eigenvalue weighted by Gasteiger charge is -2.07. The standard InChI is InChI=1S/C8H9Cl2N3O2/c9-1-2-12-7-4-8(13(14)15)6(11)3-5(7)10/h3-4,12H,1-2,11H2. The van der Waals surface area contributed by atoms with Crippen LogP contribution in [0, 0.1) is 10.1 Å². The van der Waals surface area contributed by atoms with Gasteiger partial charge in [-0.25, -0.2) is 0 Å². The van der Waals surface area contributed by atoms with E-state index in [1.807, 2.05) is 0 Å². The topological polar surface area (TPSA) is 81.2 Å². The Morgan fingerprint density at radius 3 is 2.73 bits per heavy atom. The molecule has 0 amide bonds. The molecule has 1 aromatic rings. The third kappa shape index (κ3) is 2.87.